The van der Waals surface area contributed by atoms with Gasteiger partial charge in [-0.05, 0) is 24.3 Å². The van der Waals surface area contributed by atoms with E-state index in [0.29, 0.717) is 5.75 Å². The molecule has 1 aromatic carbocycles. The van der Waals surface area contributed by atoms with Crippen LogP contribution in [0, 0.1) is 4.91 Å². The molecule has 0 unspecified atom stereocenters. The summed E-state index contributed by atoms with van der Waals surface area (Å²) < 4.78 is 4.87. The molecule has 0 aliphatic carbocycles. The maximum atomic E-state index is 10.9. The number of hydrogen-bond donors (Lipinski definition) is 0. The van der Waals surface area contributed by atoms with Crippen molar-refractivity contribution in [2.75, 3.05) is 7.11 Å². The highest BCUT2D eigenvalue weighted by Crippen LogP contribution is 2.11. The predicted octanol–water partition coefficient (Wildman–Crippen LogP) is 1.53. The number of rotatable bonds is 3. The Morgan fingerprint density at radius 3 is 2.38 bits per heavy atom. The number of benzene rings is 1. The normalized spacial score (nSPS) is 9.00. The molecule has 1 rings (SSSR count). The van der Waals surface area contributed by atoms with Crippen LogP contribution in [0.1, 0.15) is 10.4 Å². The Labute approximate surface area is 74.2 Å². The molecule has 0 bridgehead atoms. The third-order valence-corrected chi connectivity index (χ3v) is 1.45. The first-order chi connectivity index (χ1) is 6.27. The van der Waals surface area contributed by atoms with Gasteiger partial charge in [-0.1, -0.05) is 0 Å². The topological polar surface area (TPSA) is 65.0 Å². The second-order valence-corrected chi connectivity index (χ2v) is 2.18. The van der Waals surface area contributed by atoms with E-state index in [0.717, 1.165) is 0 Å². The van der Waals surface area contributed by atoms with Crippen LogP contribution in [0.5, 0.6) is 5.75 Å². The summed E-state index contributed by atoms with van der Waals surface area (Å²) in [6, 6.07) is 6.13. The van der Waals surface area contributed by atoms with Gasteiger partial charge in [0.25, 0.3) is 0 Å². The second kappa shape index (κ2) is 4.20. The zero-order valence-electron chi connectivity index (χ0n) is 6.89. The quantitative estimate of drug-likeness (QED) is 0.524. The van der Waals surface area contributed by atoms with E-state index in [9.17, 15) is 9.70 Å². The molecule has 0 saturated carbocycles. The van der Waals surface area contributed by atoms with Crippen LogP contribution in [0.3, 0.4) is 0 Å². The van der Waals surface area contributed by atoms with E-state index in [1.165, 1.54) is 19.2 Å². The summed E-state index contributed by atoms with van der Waals surface area (Å²) in [4.78, 5) is 24.4. The van der Waals surface area contributed by atoms with Crippen molar-refractivity contribution >= 4 is 5.97 Å². The van der Waals surface area contributed by atoms with Crippen LogP contribution in [0.15, 0.2) is 29.6 Å². The molecule has 0 N–H and O–H groups in total. The SMILES string of the molecule is COc1ccc(C(=O)ON=O)cc1. The molecule has 5 nitrogen and oxygen atoms in total. The Kier molecular flexibility index (Phi) is 2.97. The van der Waals surface area contributed by atoms with Crippen LogP contribution < -0.4 is 4.74 Å². The first kappa shape index (κ1) is 9.18. The minimum atomic E-state index is -0.780. The summed E-state index contributed by atoms with van der Waals surface area (Å²) in [6.45, 7) is 0. The van der Waals surface area contributed by atoms with Crippen LogP contribution >= 0.6 is 0 Å². The Bertz CT molecular complexity index is 306. The summed E-state index contributed by atoms with van der Waals surface area (Å²) >= 11 is 0. The molecule has 0 radical (unpaired) electrons. The van der Waals surface area contributed by atoms with Crippen LogP contribution in [-0.2, 0) is 4.84 Å². The Morgan fingerprint density at radius 1 is 1.31 bits per heavy atom. The summed E-state index contributed by atoms with van der Waals surface area (Å²) in [7, 11) is 1.51. The van der Waals surface area contributed by atoms with Gasteiger partial charge in [0.2, 0.25) is 0 Å². The van der Waals surface area contributed by atoms with Crippen LogP contribution in [0.2, 0.25) is 0 Å². The highest BCUT2D eigenvalue weighted by molar-refractivity contribution is 5.89. The molecule has 0 aromatic heterocycles. The third kappa shape index (κ3) is 2.26. The molecule has 0 spiro atoms. The zero-order chi connectivity index (χ0) is 9.68. The molecule has 68 valence electrons. The number of carbonyl (C=O) groups is 1. The lowest BCUT2D eigenvalue weighted by molar-refractivity contribution is 0.0508. The fourth-order valence-corrected chi connectivity index (χ4v) is 0.814. The van der Waals surface area contributed by atoms with Gasteiger partial charge in [0.15, 0.2) is 5.34 Å². The minimum Gasteiger partial charge on any atom is -0.497 e. The van der Waals surface area contributed by atoms with Gasteiger partial charge in [0.1, 0.15) is 5.75 Å². The van der Waals surface area contributed by atoms with Crippen molar-refractivity contribution in [2.24, 2.45) is 5.34 Å². The van der Waals surface area contributed by atoms with Gasteiger partial charge < -0.3 is 4.74 Å². The molecule has 13 heavy (non-hydrogen) atoms. The lowest BCUT2D eigenvalue weighted by atomic mass is 10.2. The fraction of sp³-hybridized carbons (Fsp3) is 0.125. The summed E-state index contributed by atoms with van der Waals surface area (Å²) in [6.07, 6.45) is 0. The highest BCUT2D eigenvalue weighted by atomic mass is 16.7. The summed E-state index contributed by atoms with van der Waals surface area (Å²) in [5.74, 6) is -0.159. The lowest BCUT2D eigenvalue weighted by Gasteiger charge is -1.99. The number of carbonyl (C=O) groups excluding carboxylic acids is 1. The number of ether oxygens (including phenoxy) is 1. The predicted molar refractivity (Wildman–Crippen MR) is 44.2 cm³/mol. The standard InChI is InChI=1S/C8H7NO4/c1-12-7-4-2-6(3-5-7)8(10)13-9-11/h2-5H,1H3. The van der Waals surface area contributed by atoms with Crippen LogP contribution in [0.4, 0.5) is 0 Å². The van der Waals surface area contributed by atoms with Gasteiger partial charge in [0.05, 0.1) is 12.7 Å². The van der Waals surface area contributed by atoms with Crippen molar-refractivity contribution in [1.29, 1.82) is 0 Å². The van der Waals surface area contributed by atoms with Crippen molar-refractivity contribution < 1.29 is 14.4 Å². The maximum absolute atomic E-state index is 10.9. The molecule has 0 heterocycles. The number of nitrogens with zero attached hydrogens (tertiary/aromatic N) is 1. The third-order valence-electron chi connectivity index (χ3n) is 1.45. The van der Waals surface area contributed by atoms with E-state index in [2.05, 4.69) is 4.84 Å². The van der Waals surface area contributed by atoms with Gasteiger partial charge >= 0.3 is 5.97 Å². The molecule has 0 atom stereocenters. The van der Waals surface area contributed by atoms with E-state index in [-0.39, 0.29) is 5.56 Å². The molecule has 0 aliphatic rings. The molecule has 0 fully saturated rings. The van der Waals surface area contributed by atoms with E-state index in [4.69, 9.17) is 4.74 Å². The molecule has 0 saturated heterocycles. The largest absolute Gasteiger partial charge is 0.497 e. The van der Waals surface area contributed by atoms with Crippen molar-refractivity contribution in [3.05, 3.63) is 34.7 Å². The van der Waals surface area contributed by atoms with Crippen molar-refractivity contribution in [3.63, 3.8) is 0 Å². The maximum Gasteiger partial charge on any atom is 0.369 e. The van der Waals surface area contributed by atoms with E-state index in [1.807, 2.05) is 5.34 Å². The minimum absolute atomic E-state index is 0.250. The summed E-state index contributed by atoms with van der Waals surface area (Å²) in [5, 5.41) is 2.02. The zero-order valence-corrected chi connectivity index (χ0v) is 6.89. The van der Waals surface area contributed by atoms with Crippen molar-refractivity contribution in [2.45, 2.75) is 0 Å². The summed E-state index contributed by atoms with van der Waals surface area (Å²) in [5.41, 5.74) is 0.250. The van der Waals surface area contributed by atoms with E-state index < -0.39 is 5.97 Å². The van der Waals surface area contributed by atoms with Gasteiger partial charge in [-0.25, -0.2) is 4.79 Å². The van der Waals surface area contributed by atoms with Crippen molar-refractivity contribution in [1.82, 2.24) is 0 Å². The van der Waals surface area contributed by atoms with Gasteiger partial charge in [-0.2, -0.15) is 0 Å². The van der Waals surface area contributed by atoms with Crippen molar-refractivity contribution in [3.8, 4) is 5.75 Å². The van der Waals surface area contributed by atoms with Gasteiger partial charge in [0, 0.05) is 0 Å². The molecule has 0 amide bonds. The van der Waals surface area contributed by atoms with E-state index in [1.54, 1.807) is 12.1 Å². The second-order valence-electron chi connectivity index (χ2n) is 2.18. The first-order valence-corrected chi connectivity index (χ1v) is 3.46. The Hall–Kier alpha value is -1.91. The average Bonchev–Trinajstić information content (AvgIpc) is 2.18. The van der Waals surface area contributed by atoms with Gasteiger partial charge in [-0.3, -0.25) is 4.84 Å². The Balaban J connectivity index is 2.79. The molecule has 0 aliphatic heterocycles. The smallest absolute Gasteiger partial charge is 0.369 e. The lowest BCUT2D eigenvalue weighted by Crippen LogP contribution is -1.99. The molecular formula is C8H7NO4. The van der Waals surface area contributed by atoms with Crippen LogP contribution in [-0.4, -0.2) is 13.1 Å². The average molecular weight is 181 g/mol. The molecule has 1 aromatic rings. The monoisotopic (exact) mass is 181 g/mol. The highest BCUT2D eigenvalue weighted by Gasteiger charge is 2.06. The molecule has 5 heteroatoms. The molecular weight excluding hydrogens is 174 g/mol. The Morgan fingerprint density at radius 2 is 1.92 bits per heavy atom. The number of hydrogen-bond acceptors (Lipinski definition) is 5. The fourth-order valence-electron chi connectivity index (χ4n) is 0.814. The van der Waals surface area contributed by atoms with Gasteiger partial charge in [-0.15, -0.1) is 4.91 Å². The van der Waals surface area contributed by atoms with Crippen LogP contribution in [0.25, 0.3) is 0 Å². The number of methoxy groups -OCH3 is 1. The first-order valence-electron chi connectivity index (χ1n) is 3.46. The van der Waals surface area contributed by atoms with E-state index >= 15 is 0 Å².